The number of thiophene rings is 1. The minimum atomic E-state index is 0.0253. The summed E-state index contributed by atoms with van der Waals surface area (Å²) >= 11 is 1.77. The van der Waals surface area contributed by atoms with E-state index in [0.29, 0.717) is 0 Å². The molecule has 4 heteroatoms. The first-order chi connectivity index (χ1) is 9.69. The van der Waals surface area contributed by atoms with Gasteiger partial charge in [0.25, 0.3) is 0 Å². The number of aryl methyl sites for hydroxylation is 2. The first-order valence-electron chi connectivity index (χ1n) is 6.95. The highest BCUT2D eigenvalue weighted by atomic mass is 32.1. The smallest absolute Gasteiger partial charge is 0.0722 e. The van der Waals surface area contributed by atoms with E-state index in [9.17, 15) is 0 Å². The summed E-state index contributed by atoms with van der Waals surface area (Å²) in [6, 6.07) is 12.7. The molecule has 0 saturated carbocycles. The molecule has 0 radical (unpaired) electrons. The molecule has 1 atom stereocenters. The zero-order valence-corrected chi connectivity index (χ0v) is 12.7. The third kappa shape index (κ3) is 2.37. The van der Waals surface area contributed by atoms with Crippen LogP contribution >= 0.6 is 11.3 Å². The lowest BCUT2D eigenvalue weighted by Gasteiger charge is -2.07. The monoisotopic (exact) mass is 285 g/mol. The Morgan fingerprint density at radius 3 is 2.75 bits per heavy atom. The summed E-state index contributed by atoms with van der Waals surface area (Å²) in [6.07, 6.45) is 0.785. The first kappa shape index (κ1) is 13.3. The van der Waals surface area contributed by atoms with Gasteiger partial charge in [-0.1, -0.05) is 18.2 Å². The molecule has 0 fully saturated rings. The number of fused-ring (bicyclic) bond motifs is 1. The Bertz CT molecular complexity index is 726. The van der Waals surface area contributed by atoms with Crippen LogP contribution in [0.2, 0.25) is 0 Å². The second kappa shape index (κ2) is 5.38. The first-order valence-corrected chi connectivity index (χ1v) is 7.77. The van der Waals surface area contributed by atoms with E-state index >= 15 is 0 Å². The quantitative estimate of drug-likeness (QED) is 0.795. The molecule has 3 rings (SSSR count). The summed E-state index contributed by atoms with van der Waals surface area (Å²) in [5, 5.41) is 5.94. The molecule has 0 bridgehead atoms. The SMILES string of the molecule is CCn1nc(CC(N)c2ccc(C)s2)c2ccccc21. The van der Waals surface area contributed by atoms with E-state index in [-0.39, 0.29) is 6.04 Å². The molecule has 3 nitrogen and oxygen atoms in total. The van der Waals surface area contributed by atoms with Crippen molar-refractivity contribution in [3.8, 4) is 0 Å². The van der Waals surface area contributed by atoms with Crippen molar-refractivity contribution in [1.82, 2.24) is 9.78 Å². The van der Waals surface area contributed by atoms with Crippen molar-refractivity contribution in [2.45, 2.75) is 32.9 Å². The fourth-order valence-corrected chi connectivity index (χ4v) is 3.43. The second-order valence-corrected chi connectivity index (χ2v) is 6.36. The van der Waals surface area contributed by atoms with Gasteiger partial charge in [-0.25, -0.2) is 0 Å². The highest BCUT2D eigenvalue weighted by Gasteiger charge is 2.15. The summed E-state index contributed by atoms with van der Waals surface area (Å²) < 4.78 is 2.05. The maximum Gasteiger partial charge on any atom is 0.0722 e. The number of hydrogen-bond donors (Lipinski definition) is 1. The van der Waals surface area contributed by atoms with Gasteiger partial charge in [0.1, 0.15) is 0 Å². The Morgan fingerprint density at radius 2 is 2.05 bits per heavy atom. The molecule has 0 amide bonds. The van der Waals surface area contributed by atoms with Crippen LogP contribution in [0, 0.1) is 6.92 Å². The van der Waals surface area contributed by atoms with Crippen LogP contribution in [0.1, 0.15) is 28.4 Å². The van der Waals surface area contributed by atoms with Crippen molar-refractivity contribution < 1.29 is 0 Å². The third-order valence-corrected chi connectivity index (χ3v) is 4.71. The van der Waals surface area contributed by atoms with Crippen molar-refractivity contribution in [1.29, 1.82) is 0 Å². The van der Waals surface area contributed by atoms with Crippen molar-refractivity contribution >= 4 is 22.2 Å². The summed E-state index contributed by atoms with van der Waals surface area (Å²) in [5.74, 6) is 0. The molecule has 2 N–H and O–H groups in total. The van der Waals surface area contributed by atoms with Gasteiger partial charge in [-0.3, -0.25) is 4.68 Å². The molecule has 2 aromatic heterocycles. The summed E-state index contributed by atoms with van der Waals surface area (Å²) in [6.45, 7) is 5.11. The minimum absolute atomic E-state index is 0.0253. The highest BCUT2D eigenvalue weighted by molar-refractivity contribution is 7.12. The lowest BCUT2D eigenvalue weighted by atomic mass is 10.1. The third-order valence-electron chi connectivity index (χ3n) is 3.57. The van der Waals surface area contributed by atoms with Crippen molar-refractivity contribution in [2.24, 2.45) is 5.73 Å². The summed E-state index contributed by atoms with van der Waals surface area (Å²) in [7, 11) is 0. The largest absolute Gasteiger partial charge is 0.323 e. The Morgan fingerprint density at radius 1 is 1.25 bits per heavy atom. The van der Waals surface area contributed by atoms with Crippen LogP contribution in [0.15, 0.2) is 36.4 Å². The zero-order valence-electron chi connectivity index (χ0n) is 11.8. The molecule has 2 heterocycles. The second-order valence-electron chi connectivity index (χ2n) is 5.04. The van der Waals surface area contributed by atoms with Gasteiger partial charge in [0.15, 0.2) is 0 Å². The van der Waals surface area contributed by atoms with Gasteiger partial charge in [-0.05, 0) is 32.0 Å². The number of benzene rings is 1. The van der Waals surface area contributed by atoms with Gasteiger partial charge in [-0.2, -0.15) is 5.10 Å². The van der Waals surface area contributed by atoms with Crippen molar-refractivity contribution in [3.05, 3.63) is 51.8 Å². The lowest BCUT2D eigenvalue weighted by molar-refractivity contribution is 0.645. The Labute approximate surface area is 123 Å². The van der Waals surface area contributed by atoms with E-state index in [1.54, 1.807) is 11.3 Å². The number of hydrogen-bond acceptors (Lipinski definition) is 3. The van der Waals surface area contributed by atoms with E-state index in [4.69, 9.17) is 10.8 Å². The maximum absolute atomic E-state index is 6.34. The Hall–Kier alpha value is -1.65. The molecular formula is C16H19N3S. The normalized spacial score (nSPS) is 12.9. The van der Waals surface area contributed by atoms with Crippen LogP contribution in [0.4, 0.5) is 0 Å². The van der Waals surface area contributed by atoms with Gasteiger partial charge in [0.2, 0.25) is 0 Å². The average molecular weight is 285 g/mol. The van der Waals surface area contributed by atoms with E-state index in [1.165, 1.54) is 20.7 Å². The van der Waals surface area contributed by atoms with Crippen LogP contribution < -0.4 is 5.73 Å². The minimum Gasteiger partial charge on any atom is -0.323 e. The van der Waals surface area contributed by atoms with Gasteiger partial charge >= 0.3 is 0 Å². The molecule has 0 aliphatic heterocycles. The number of nitrogens with zero attached hydrogens (tertiary/aromatic N) is 2. The average Bonchev–Trinajstić information content (AvgIpc) is 3.03. The molecule has 1 aromatic carbocycles. The van der Waals surface area contributed by atoms with Gasteiger partial charge in [-0.15, -0.1) is 11.3 Å². The fraction of sp³-hybridized carbons (Fsp3) is 0.312. The van der Waals surface area contributed by atoms with Gasteiger partial charge < -0.3 is 5.73 Å². The molecule has 0 aliphatic carbocycles. The lowest BCUT2D eigenvalue weighted by Crippen LogP contribution is -2.12. The highest BCUT2D eigenvalue weighted by Crippen LogP contribution is 2.26. The van der Waals surface area contributed by atoms with Crippen LogP contribution in [-0.4, -0.2) is 9.78 Å². The molecule has 104 valence electrons. The topological polar surface area (TPSA) is 43.8 Å². The van der Waals surface area contributed by atoms with Gasteiger partial charge in [0.05, 0.1) is 11.2 Å². The van der Waals surface area contributed by atoms with E-state index in [1.807, 2.05) is 0 Å². The summed E-state index contributed by atoms with van der Waals surface area (Å²) in [4.78, 5) is 2.54. The van der Waals surface area contributed by atoms with Gasteiger partial charge in [0, 0.05) is 34.1 Å². The molecule has 0 spiro atoms. The molecule has 1 unspecified atom stereocenters. The van der Waals surface area contributed by atoms with Crippen LogP contribution in [0.25, 0.3) is 10.9 Å². The standard InChI is InChI=1S/C16H19N3S/c1-3-19-15-7-5-4-6-12(15)14(18-19)10-13(17)16-9-8-11(2)20-16/h4-9,13H,3,10,17H2,1-2H3. The predicted molar refractivity (Wildman–Crippen MR) is 85.1 cm³/mol. The zero-order chi connectivity index (χ0) is 14.1. The molecule has 0 aliphatic rings. The maximum atomic E-state index is 6.34. The van der Waals surface area contributed by atoms with Crippen LogP contribution in [0.5, 0.6) is 0 Å². The Balaban J connectivity index is 1.94. The van der Waals surface area contributed by atoms with Crippen molar-refractivity contribution in [3.63, 3.8) is 0 Å². The number of rotatable bonds is 4. The summed E-state index contributed by atoms with van der Waals surface area (Å²) in [5.41, 5.74) is 8.64. The van der Waals surface area contributed by atoms with E-state index in [2.05, 4.69) is 54.9 Å². The molecule has 0 saturated heterocycles. The van der Waals surface area contributed by atoms with Crippen LogP contribution in [-0.2, 0) is 13.0 Å². The van der Waals surface area contributed by atoms with E-state index < -0.39 is 0 Å². The molecule has 20 heavy (non-hydrogen) atoms. The number of para-hydroxylation sites is 1. The van der Waals surface area contributed by atoms with Crippen LogP contribution in [0.3, 0.4) is 0 Å². The fourth-order valence-electron chi connectivity index (χ4n) is 2.55. The molecular weight excluding hydrogens is 266 g/mol. The number of nitrogens with two attached hydrogens (primary N) is 1. The predicted octanol–water partition coefficient (Wildman–Crippen LogP) is 3.67. The van der Waals surface area contributed by atoms with Crippen molar-refractivity contribution in [2.75, 3.05) is 0 Å². The van der Waals surface area contributed by atoms with E-state index in [0.717, 1.165) is 18.7 Å². The Kier molecular flexibility index (Phi) is 3.59. The number of aromatic nitrogens is 2. The molecule has 3 aromatic rings.